The lowest BCUT2D eigenvalue weighted by Crippen LogP contribution is -2.49. The summed E-state index contributed by atoms with van der Waals surface area (Å²) >= 11 is 13.0. The Bertz CT molecular complexity index is 2070. The fraction of sp³-hybridized carbons (Fsp3) is 0.351. The minimum Gasteiger partial charge on any atom is -0.461 e. The molecule has 14 heteroatoms. The van der Waals surface area contributed by atoms with Gasteiger partial charge in [-0.2, -0.15) is 0 Å². The maximum atomic E-state index is 13.8. The van der Waals surface area contributed by atoms with Crippen molar-refractivity contribution in [3.63, 3.8) is 0 Å². The van der Waals surface area contributed by atoms with E-state index in [4.69, 9.17) is 37.7 Å². The highest BCUT2D eigenvalue weighted by atomic mass is 35.5. The number of H-pyrrole nitrogens is 1. The van der Waals surface area contributed by atoms with Crippen LogP contribution in [0.3, 0.4) is 0 Å². The zero-order valence-corrected chi connectivity index (χ0v) is 30.3. The molecule has 0 unspecified atom stereocenters. The van der Waals surface area contributed by atoms with Crippen LogP contribution in [0.25, 0.3) is 21.9 Å². The number of anilines is 1. The zero-order valence-electron chi connectivity index (χ0n) is 28.8. The Morgan fingerprint density at radius 1 is 1.06 bits per heavy atom. The van der Waals surface area contributed by atoms with Gasteiger partial charge in [-0.15, -0.1) is 0 Å². The minimum absolute atomic E-state index is 0.0958. The van der Waals surface area contributed by atoms with Gasteiger partial charge in [0, 0.05) is 30.4 Å². The number of fused-ring (bicyclic) bond motifs is 2. The Kier molecular flexibility index (Phi) is 10.6. The molecule has 2 N–H and O–H groups in total. The first kappa shape index (κ1) is 35.9. The number of hydrogen-bond donors (Lipinski definition) is 2. The third-order valence-electron chi connectivity index (χ3n) is 8.55. The van der Waals surface area contributed by atoms with E-state index >= 15 is 0 Å². The lowest BCUT2D eigenvalue weighted by molar-refractivity contribution is -0.145. The van der Waals surface area contributed by atoms with E-state index in [1.165, 1.54) is 11.2 Å². The highest BCUT2D eigenvalue weighted by molar-refractivity contribution is 6.35. The third kappa shape index (κ3) is 8.51. The number of benzene rings is 3. The molecule has 5 aromatic rings. The summed E-state index contributed by atoms with van der Waals surface area (Å²) in [5, 5.41) is 4.74. The Hall–Kier alpha value is -4.94. The molecule has 266 valence electrons. The van der Waals surface area contributed by atoms with Crippen LogP contribution in [0.2, 0.25) is 10.0 Å². The molecule has 0 radical (unpaired) electrons. The summed E-state index contributed by atoms with van der Waals surface area (Å²) in [6.45, 7) is 6.07. The summed E-state index contributed by atoms with van der Waals surface area (Å²) in [6, 6.07) is 17.6. The number of nitrogens with zero attached hydrogens (tertiary/aromatic N) is 5. The molecule has 3 aromatic carbocycles. The zero-order chi connectivity index (χ0) is 36.3. The summed E-state index contributed by atoms with van der Waals surface area (Å²) in [4.78, 5) is 59.7. The number of hydrogen-bond acceptors (Lipinski definition) is 9. The molecule has 2 atom stereocenters. The molecular weight excluding hydrogens is 693 g/mol. The van der Waals surface area contributed by atoms with E-state index in [0.29, 0.717) is 52.5 Å². The fourth-order valence-electron chi connectivity index (χ4n) is 6.05. The Labute approximate surface area is 305 Å². The Morgan fingerprint density at radius 3 is 2.61 bits per heavy atom. The molecule has 12 nitrogen and oxygen atoms in total. The van der Waals surface area contributed by atoms with E-state index in [2.05, 4.69) is 20.3 Å². The van der Waals surface area contributed by atoms with Crippen molar-refractivity contribution in [1.29, 1.82) is 0 Å². The number of imidazole rings is 1. The number of likely N-dealkylation sites (tertiary alicyclic amines) is 1. The van der Waals surface area contributed by atoms with Crippen LogP contribution in [0.4, 0.5) is 10.6 Å². The number of halogens is 2. The van der Waals surface area contributed by atoms with E-state index in [-0.39, 0.29) is 35.5 Å². The SMILES string of the molecule is CN(C(=O)c1cc2ncnc(N[C@@H](CCC(=O)OCc3ccccc3)c3nc4ccc(Cl)cc4[nH]3)c2cc1Cl)[C@H]1CCCN1C(=O)OC(C)(C)C. The van der Waals surface area contributed by atoms with E-state index in [9.17, 15) is 14.4 Å². The molecule has 1 fully saturated rings. The molecule has 2 amide bonds. The van der Waals surface area contributed by atoms with Crippen LogP contribution < -0.4 is 5.32 Å². The molecule has 1 aliphatic rings. The number of carbonyl (C=O) groups excluding carboxylic acids is 3. The second kappa shape index (κ2) is 15.1. The molecule has 1 saturated heterocycles. The first-order valence-electron chi connectivity index (χ1n) is 16.7. The molecule has 2 aromatic heterocycles. The average molecular weight is 733 g/mol. The number of aromatic nitrogens is 4. The molecule has 3 heterocycles. The van der Waals surface area contributed by atoms with Crippen LogP contribution in [-0.4, -0.2) is 73.1 Å². The average Bonchev–Trinajstić information content (AvgIpc) is 3.76. The number of ether oxygens (including phenoxy) is 2. The highest BCUT2D eigenvalue weighted by Crippen LogP contribution is 2.33. The van der Waals surface area contributed by atoms with Crippen molar-refractivity contribution in [2.45, 2.75) is 70.9 Å². The van der Waals surface area contributed by atoms with E-state index < -0.39 is 23.9 Å². The maximum absolute atomic E-state index is 13.8. The van der Waals surface area contributed by atoms with Crippen molar-refractivity contribution >= 4 is 68.9 Å². The van der Waals surface area contributed by atoms with Gasteiger partial charge in [-0.3, -0.25) is 14.5 Å². The first-order chi connectivity index (χ1) is 24.4. The van der Waals surface area contributed by atoms with Crippen LogP contribution in [0.1, 0.15) is 74.2 Å². The predicted molar refractivity (Wildman–Crippen MR) is 196 cm³/mol. The smallest absolute Gasteiger partial charge is 0.411 e. The first-order valence-corrected chi connectivity index (χ1v) is 17.4. The summed E-state index contributed by atoms with van der Waals surface area (Å²) in [5.74, 6) is 0.284. The quantitative estimate of drug-likeness (QED) is 0.137. The van der Waals surface area contributed by atoms with Crippen LogP contribution in [0.15, 0.2) is 67.0 Å². The van der Waals surface area contributed by atoms with Crippen LogP contribution >= 0.6 is 23.2 Å². The van der Waals surface area contributed by atoms with Gasteiger partial charge in [0.15, 0.2) is 0 Å². The monoisotopic (exact) mass is 731 g/mol. The van der Waals surface area contributed by atoms with Crippen molar-refractivity contribution in [2.24, 2.45) is 0 Å². The summed E-state index contributed by atoms with van der Waals surface area (Å²) < 4.78 is 11.1. The Balaban J connectivity index is 1.24. The molecule has 6 rings (SSSR count). The van der Waals surface area contributed by atoms with E-state index in [0.717, 1.165) is 17.5 Å². The second-order valence-electron chi connectivity index (χ2n) is 13.4. The number of rotatable bonds is 10. The van der Waals surface area contributed by atoms with Gasteiger partial charge in [-0.25, -0.2) is 19.7 Å². The molecule has 0 saturated carbocycles. The van der Waals surface area contributed by atoms with Gasteiger partial charge in [-0.05, 0) is 75.9 Å². The molecule has 1 aliphatic heterocycles. The van der Waals surface area contributed by atoms with Gasteiger partial charge in [-0.1, -0.05) is 53.5 Å². The highest BCUT2D eigenvalue weighted by Gasteiger charge is 2.37. The largest absolute Gasteiger partial charge is 0.461 e. The van der Waals surface area contributed by atoms with E-state index in [1.54, 1.807) is 57.0 Å². The van der Waals surface area contributed by atoms with Crippen molar-refractivity contribution in [1.82, 2.24) is 29.7 Å². The van der Waals surface area contributed by atoms with Crippen LogP contribution in [-0.2, 0) is 20.9 Å². The van der Waals surface area contributed by atoms with Gasteiger partial charge in [0.2, 0.25) is 0 Å². The number of nitrogens with one attached hydrogen (secondary N) is 2. The number of esters is 1. The third-order valence-corrected chi connectivity index (χ3v) is 9.10. The molecule has 0 aliphatic carbocycles. The van der Waals surface area contributed by atoms with Crippen LogP contribution in [0, 0.1) is 0 Å². The summed E-state index contributed by atoms with van der Waals surface area (Å²) in [6.07, 6.45) is 2.19. The van der Waals surface area contributed by atoms with Crippen molar-refractivity contribution in [3.05, 3.63) is 94.0 Å². The van der Waals surface area contributed by atoms with Crippen molar-refractivity contribution in [2.75, 3.05) is 18.9 Å². The number of amides is 2. The van der Waals surface area contributed by atoms with Gasteiger partial charge < -0.3 is 24.7 Å². The predicted octanol–water partition coefficient (Wildman–Crippen LogP) is 7.92. The lowest BCUT2D eigenvalue weighted by Gasteiger charge is -2.34. The van der Waals surface area contributed by atoms with E-state index in [1.807, 2.05) is 36.4 Å². The molecular formula is C37H39Cl2N7O5. The minimum atomic E-state index is -0.664. The summed E-state index contributed by atoms with van der Waals surface area (Å²) in [5.41, 5.74) is 2.39. The molecule has 51 heavy (non-hydrogen) atoms. The fourth-order valence-corrected chi connectivity index (χ4v) is 6.46. The maximum Gasteiger partial charge on any atom is 0.411 e. The second-order valence-corrected chi connectivity index (χ2v) is 14.3. The van der Waals surface area contributed by atoms with Crippen molar-refractivity contribution < 1.29 is 23.9 Å². The standard InChI is InChI=1S/C37H39Cl2N7O5/c1-37(2,3)51-36(49)46-16-8-11-31(46)45(4)35(48)24-19-29-25(18-26(24)39)33(41-21-40-29)43-28(34-42-27-13-12-23(38)17-30(27)44-34)14-15-32(47)50-20-22-9-6-5-7-10-22/h5-7,9-10,12-13,17-19,21,28,31H,8,11,14-16,20H2,1-4H3,(H,42,44)(H,40,41,43)/t28-,31+/m0/s1. The molecule has 0 spiro atoms. The van der Waals surface area contributed by atoms with Gasteiger partial charge in [0.1, 0.15) is 36.3 Å². The van der Waals surface area contributed by atoms with Gasteiger partial charge in [0.25, 0.3) is 5.91 Å². The number of aromatic amines is 1. The van der Waals surface area contributed by atoms with Crippen LogP contribution in [0.5, 0.6) is 0 Å². The number of carbonyl (C=O) groups is 3. The Morgan fingerprint density at radius 2 is 1.84 bits per heavy atom. The molecule has 0 bridgehead atoms. The lowest BCUT2D eigenvalue weighted by atomic mass is 10.1. The van der Waals surface area contributed by atoms with Gasteiger partial charge in [0.05, 0.1) is 33.2 Å². The van der Waals surface area contributed by atoms with Crippen molar-refractivity contribution in [3.8, 4) is 0 Å². The topological polar surface area (TPSA) is 143 Å². The van der Waals surface area contributed by atoms with Gasteiger partial charge >= 0.3 is 12.1 Å². The summed E-state index contributed by atoms with van der Waals surface area (Å²) in [7, 11) is 1.65. The normalized spacial score (nSPS) is 15.2.